The Morgan fingerprint density at radius 3 is 2.55 bits per heavy atom. The molecule has 3 aliphatic rings. The van der Waals surface area contributed by atoms with E-state index in [9.17, 15) is 14.4 Å². The van der Waals surface area contributed by atoms with E-state index in [2.05, 4.69) is 21.2 Å². The number of piperidine rings is 1. The summed E-state index contributed by atoms with van der Waals surface area (Å²) in [6.45, 7) is 7.25. The zero-order chi connectivity index (χ0) is 23.4. The smallest absolute Gasteiger partial charge is 0.312 e. The van der Waals surface area contributed by atoms with Crippen molar-refractivity contribution < 1.29 is 19.1 Å². The standard InChI is InChI=1S/C24H33ClN4O4/c1-18(30)26-17-22(31)29-9-6-24(7-10-29)16-21(33-23(24)32)5-8-27-11-13-28(14-12-27)20-4-2-3-19(25)15-20/h2-4,15,21H,5-14,16-17H2,1H3,(H,26,30)/t21-/m0/s1. The molecule has 33 heavy (non-hydrogen) atoms. The molecule has 3 aliphatic heterocycles. The highest BCUT2D eigenvalue weighted by molar-refractivity contribution is 6.30. The lowest BCUT2D eigenvalue weighted by Gasteiger charge is -2.37. The van der Waals surface area contributed by atoms with Crippen LogP contribution in [-0.2, 0) is 19.1 Å². The van der Waals surface area contributed by atoms with E-state index in [1.165, 1.54) is 6.92 Å². The highest BCUT2D eigenvalue weighted by atomic mass is 35.5. The number of hydrogen-bond acceptors (Lipinski definition) is 6. The summed E-state index contributed by atoms with van der Waals surface area (Å²) >= 11 is 6.12. The summed E-state index contributed by atoms with van der Waals surface area (Å²) in [6.07, 6.45) is 2.79. The van der Waals surface area contributed by atoms with E-state index < -0.39 is 5.41 Å². The van der Waals surface area contributed by atoms with Crippen LogP contribution < -0.4 is 10.2 Å². The molecule has 9 heteroatoms. The molecule has 8 nitrogen and oxygen atoms in total. The highest BCUT2D eigenvalue weighted by Gasteiger charge is 2.50. The van der Waals surface area contributed by atoms with Crippen LogP contribution in [0.4, 0.5) is 5.69 Å². The Hall–Kier alpha value is -2.32. The van der Waals surface area contributed by atoms with Crippen LogP contribution in [0.3, 0.4) is 0 Å². The second-order valence-electron chi connectivity index (χ2n) is 9.40. The molecule has 0 aliphatic carbocycles. The van der Waals surface area contributed by atoms with Crippen molar-refractivity contribution in [3.05, 3.63) is 29.3 Å². The number of esters is 1. The number of nitrogens with one attached hydrogen (secondary N) is 1. The fraction of sp³-hybridized carbons (Fsp3) is 0.625. The molecule has 3 saturated heterocycles. The van der Waals surface area contributed by atoms with Gasteiger partial charge in [0, 0.05) is 69.9 Å². The summed E-state index contributed by atoms with van der Waals surface area (Å²) < 4.78 is 5.77. The predicted molar refractivity (Wildman–Crippen MR) is 126 cm³/mol. The predicted octanol–water partition coefficient (Wildman–Crippen LogP) is 1.91. The summed E-state index contributed by atoms with van der Waals surface area (Å²) in [5.41, 5.74) is 0.705. The lowest BCUT2D eigenvalue weighted by Crippen LogP contribution is -2.48. The van der Waals surface area contributed by atoms with Crippen molar-refractivity contribution in [3.8, 4) is 0 Å². The summed E-state index contributed by atoms with van der Waals surface area (Å²) in [4.78, 5) is 42.5. The lowest BCUT2D eigenvalue weighted by atomic mass is 9.75. The molecular formula is C24H33ClN4O4. The van der Waals surface area contributed by atoms with Crippen molar-refractivity contribution in [1.82, 2.24) is 15.1 Å². The first-order valence-corrected chi connectivity index (χ1v) is 12.2. The SMILES string of the molecule is CC(=O)NCC(=O)N1CCC2(CC1)C[C@H](CCN1CCN(c3cccc(Cl)c3)CC1)OC2=O. The molecule has 3 heterocycles. The Kier molecular flexibility index (Phi) is 7.44. The molecule has 0 unspecified atom stereocenters. The Bertz CT molecular complexity index is 879. The maximum Gasteiger partial charge on any atom is 0.312 e. The van der Waals surface area contributed by atoms with Crippen molar-refractivity contribution >= 4 is 35.1 Å². The Morgan fingerprint density at radius 1 is 1.15 bits per heavy atom. The van der Waals surface area contributed by atoms with Crippen LogP contribution in [0.2, 0.25) is 5.02 Å². The third kappa shape index (κ3) is 5.79. The van der Waals surface area contributed by atoms with Gasteiger partial charge in [0.15, 0.2) is 0 Å². The first-order chi connectivity index (χ1) is 15.8. The van der Waals surface area contributed by atoms with Gasteiger partial charge in [0.05, 0.1) is 12.0 Å². The average Bonchev–Trinajstić information content (AvgIpc) is 3.11. The number of amides is 2. The molecular weight excluding hydrogens is 444 g/mol. The number of ether oxygens (including phenoxy) is 1. The van der Waals surface area contributed by atoms with Gasteiger partial charge in [-0.05, 0) is 37.5 Å². The number of carbonyl (C=O) groups is 3. The zero-order valence-electron chi connectivity index (χ0n) is 19.2. The van der Waals surface area contributed by atoms with Crippen LogP contribution in [-0.4, -0.2) is 86.0 Å². The molecule has 1 aromatic carbocycles. The first kappa shape index (κ1) is 23.8. The zero-order valence-corrected chi connectivity index (χ0v) is 20.0. The van der Waals surface area contributed by atoms with Crippen LogP contribution in [0, 0.1) is 5.41 Å². The molecule has 0 bridgehead atoms. The molecule has 2 amide bonds. The Balaban J connectivity index is 1.20. The van der Waals surface area contributed by atoms with Crippen molar-refractivity contribution in [2.75, 3.05) is 57.3 Å². The van der Waals surface area contributed by atoms with Crippen LogP contribution in [0.5, 0.6) is 0 Å². The summed E-state index contributed by atoms with van der Waals surface area (Å²) in [7, 11) is 0. The minimum Gasteiger partial charge on any atom is -0.462 e. The number of rotatable bonds is 6. The molecule has 3 fully saturated rings. The summed E-state index contributed by atoms with van der Waals surface area (Å²) in [6, 6.07) is 7.98. The van der Waals surface area contributed by atoms with E-state index in [1.807, 2.05) is 18.2 Å². The molecule has 1 spiro atoms. The van der Waals surface area contributed by atoms with Gasteiger partial charge in [0.2, 0.25) is 11.8 Å². The van der Waals surface area contributed by atoms with Gasteiger partial charge >= 0.3 is 5.97 Å². The molecule has 0 saturated carbocycles. The lowest BCUT2D eigenvalue weighted by molar-refractivity contribution is -0.152. The van der Waals surface area contributed by atoms with E-state index in [-0.39, 0.29) is 30.4 Å². The quantitative estimate of drug-likeness (QED) is 0.632. The second-order valence-corrected chi connectivity index (χ2v) is 9.84. The van der Waals surface area contributed by atoms with Crippen LogP contribution in [0.1, 0.15) is 32.6 Å². The molecule has 1 aromatic rings. The van der Waals surface area contributed by atoms with Gasteiger partial charge in [-0.2, -0.15) is 0 Å². The number of benzene rings is 1. The minimum atomic E-state index is -0.458. The topological polar surface area (TPSA) is 82.2 Å². The van der Waals surface area contributed by atoms with Gasteiger partial charge in [-0.3, -0.25) is 19.3 Å². The van der Waals surface area contributed by atoms with Crippen molar-refractivity contribution in [2.24, 2.45) is 5.41 Å². The van der Waals surface area contributed by atoms with E-state index in [1.54, 1.807) is 4.90 Å². The largest absolute Gasteiger partial charge is 0.462 e. The van der Waals surface area contributed by atoms with Crippen molar-refractivity contribution in [1.29, 1.82) is 0 Å². The summed E-state index contributed by atoms with van der Waals surface area (Å²) in [5.74, 6) is -0.419. The fourth-order valence-electron chi connectivity index (χ4n) is 5.13. The van der Waals surface area contributed by atoms with E-state index in [4.69, 9.17) is 16.3 Å². The minimum absolute atomic E-state index is 0.0139. The van der Waals surface area contributed by atoms with Gasteiger partial charge in [-0.1, -0.05) is 17.7 Å². The van der Waals surface area contributed by atoms with Crippen molar-refractivity contribution in [2.45, 2.75) is 38.7 Å². The normalized spacial score (nSPS) is 23.0. The van der Waals surface area contributed by atoms with E-state index in [0.29, 0.717) is 25.9 Å². The van der Waals surface area contributed by atoms with Gasteiger partial charge in [0.1, 0.15) is 6.10 Å². The third-order valence-corrected chi connectivity index (χ3v) is 7.43. The number of carbonyl (C=O) groups excluding carboxylic acids is 3. The molecule has 4 rings (SSSR count). The van der Waals surface area contributed by atoms with Gasteiger partial charge < -0.3 is 19.9 Å². The van der Waals surface area contributed by atoms with Crippen LogP contribution >= 0.6 is 11.6 Å². The van der Waals surface area contributed by atoms with Crippen LogP contribution in [0.15, 0.2) is 24.3 Å². The second kappa shape index (κ2) is 10.3. The Morgan fingerprint density at radius 2 is 1.88 bits per heavy atom. The molecule has 0 radical (unpaired) electrons. The Labute approximate surface area is 200 Å². The number of likely N-dealkylation sites (tertiary alicyclic amines) is 1. The number of piperazine rings is 1. The number of cyclic esters (lactones) is 1. The van der Waals surface area contributed by atoms with Gasteiger partial charge in [-0.15, -0.1) is 0 Å². The highest BCUT2D eigenvalue weighted by Crippen LogP contribution is 2.43. The maximum absolute atomic E-state index is 12.7. The molecule has 1 N–H and O–H groups in total. The number of nitrogens with zero attached hydrogens (tertiary/aromatic N) is 3. The molecule has 180 valence electrons. The number of halogens is 1. The monoisotopic (exact) mass is 476 g/mol. The van der Waals surface area contributed by atoms with Gasteiger partial charge in [0.25, 0.3) is 0 Å². The molecule has 0 aromatic heterocycles. The average molecular weight is 477 g/mol. The number of hydrogen-bond donors (Lipinski definition) is 1. The molecule has 1 atom stereocenters. The van der Waals surface area contributed by atoms with Gasteiger partial charge in [-0.25, -0.2) is 0 Å². The van der Waals surface area contributed by atoms with Crippen LogP contribution in [0.25, 0.3) is 0 Å². The van der Waals surface area contributed by atoms with Crippen molar-refractivity contribution in [3.63, 3.8) is 0 Å². The summed E-state index contributed by atoms with van der Waals surface area (Å²) in [5, 5.41) is 3.31. The van der Waals surface area contributed by atoms with E-state index in [0.717, 1.165) is 56.3 Å². The first-order valence-electron chi connectivity index (χ1n) is 11.8. The van der Waals surface area contributed by atoms with E-state index >= 15 is 0 Å². The maximum atomic E-state index is 12.7. The number of anilines is 1. The fourth-order valence-corrected chi connectivity index (χ4v) is 5.32. The third-order valence-electron chi connectivity index (χ3n) is 7.20.